The lowest BCUT2D eigenvalue weighted by atomic mass is 10.0. The molecule has 0 spiro atoms. The normalized spacial score (nSPS) is 14.1. The molecule has 6 heteroatoms. The van der Waals surface area contributed by atoms with Crippen LogP contribution in [0.1, 0.15) is 11.1 Å². The van der Waals surface area contributed by atoms with Gasteiger partial charge in [0.1, 0.15) is 6.54 Å². The molecule has 0 radical (unpaired) electrons. The van der Waals surface area contributed by atoms with Gasteiger partial charge >= 0.3 is 0 Å². The number of benzene rings is 3. The fourth-order valence-electron chi connectivity index (χ4n) is 3.40. The summed E-state index contributed by atoms with van der Waals surface area (Å²) in [5, 5.41) is 2.80. The third-order valence-corrected chi connectivity index (χ3v) is 6.81. The van der Waals surface area contributed by atoms with Crippen LogP contribution >= 0.6 is 0 Å². The highest BCUT2D eigenvalue weighted by Gasteiger charge is 2.35. The number of carbonyl (C=O) groups excluding carboxylic acids is 1. The molecule has 4 rings (SSSR count). The Bertz CT molecular complexity index is 1190. The fraction of sp³-hybridized carbons (Fsp3) is 0.136. The largest absolute Gasteiger partial charge is 0.325 e. The second-order valence-corrected chi connectivity index (χ2v) is 8.70. The lowest BCUT2D eigenvalue weighted by Crippen LogP contribution is -2.40. The lowest BCUT2D eigenvalue weighted by Gasteiger charge is -2.31. The highest BCUT2D eigenvalue weighted by molar-refractivity contribution is 7.93. The van der Waals surface area contributed by atoms with E-state index in [0.29, 0.717) is 16.9 Å². The van der Waals surface area contributed by atoms with Gasteiger partial charge in [-0.05, 0) is 49.2 Å². The van der Waals surface area contributed by atoms with Gasteiger partial charge in [-0.25, -0.2) is 8.42 Å². The van der Waals surface area contributed by atoms with Crippen molar-refractivity contribution < 1.29 is 13.2 Å². The van der Waals surface area contributed by atoms with Crippen LogP contribution in [0.2, 0.25) is 0 Å². The lowest BCUT2D eigenvalue weighted by molar-refractivity contribution is -0.114. The molecule has 0 atom stereocenters. The summed E-state index contributed by atoms with van der Waals surface area (Å²) in [5.41, 5.74) is 4.80. The van der Waals surface area contributed by atoms with Crippen molar-refractivity contribution in [1.82, 2.24) is 0 Å². The van der Waals surface area contributed by atoms with Crippen LogP contribution in [0.3, 0.4) is 0 Å². The van der Waals surface area contributed by atoms with Gasteiger partial charge < -0.3 is 5.32 Å². The summed E-state index contributed by atoms with van der Waals surface area (Å²) in [5.74, 6) is -0.388. The molecule has 1 aliphatic rings. The van der Waals surface area contributed by atoms with Crippen molar-refractivity contribution in [2.75, 3.05) is 16.2 Å². The van der Waals surface area contributed by atoms with Crippen LogP contribution in [0.25, 0.3) is 11.1 Å². The molecule has 1 aliphatic heterocycles. The van der Waals surface area contributed by atoms with Gasteiger partial charge in [-0.1, -0.05) is 42.5 Å². The zero-order chi connectivity index (χ0) is 19.9. The number of aryl methyl sites for hydroxylation is 2. The van der Waals surface area contributed by atoms with E-state index in [2.05, 4.69) is 5.32 Å². The molecule has 0 saturated heterocycles. The molecule has 5 nitrogen and oxygen atoms in total. The van der Waals surface area contributed by atoms with Crippen LogP contribution in [-0.4, -0.2) is 20.9 Å². The maximum atomic E-state index is 13.2. The van der Waals surface area contributed by atoms with E-state index >= 15 is 0 Å². The number of carbonyl (C=O) groups is 1. The maximum Gasteiger partial charge on any atom is 0.265 e. The molecular weight excluding hydrogens is 372 g/mol. The number of anilines is 2. The number of sulfonamides is 1. The molecule has 0 saturated carbocycles. The summed E-state index contributed by atoms with van der Waals surface area (Å²) in [6, 6.07) is 19.7. The summed E-state index contributed by atoms with van der Waals surface area (Å²) in [7, 11) is -3.83. The van der Waals surface area contributed by atoms with Crippen LogP contribution < -0.4 is 9.62 Å². The Labute approximate surface area is 164 Å². The van der Waals surface area contributed by atoms with E-state index in [0.717, 1.165) is 16.7 Å². The Morgan fingerprint density at radius 1 is 0.893 bits per heavy atom. The second-order valence-electron chi connectivity index (χ2n) is 6.87. The minimum atomic E-state index is -3.83. The van der Waals surface area contributed by atoms with Crippen molar-refractivity contribution in [2.24, 2.45) is 0 Å². The number of nitrogens with one attached hydrogen (secondary N) is 1. The first-order valence-corrected chi connectivity index (χ1v) is 10.4. The molecule has 28 heavy (non-hydrogen) atoms. The van der Waals surface area contributed by atoms with Crippen molar-refractivity contribution in [3.63, 3.8) is 0 Å². The molecule has 0 aliphatic carbocycles. The Balaban J connectivity index is 1.69. The van der Waals surface area contributed by atoms with Crippen molar-refractivity contribution >= 4 is 27.3 Å². The maximum absolute atomic E-state index is 13.2. The van der Waals surface area contributed by atoms with E-state index in [1.54, 1.807) is 30.3 Å². The van der Waals surface area contributed by atoms with Crippen molar-refractivity contribution in [1.29, 1.82) is 0 Å². The molecule has 1 amide bonds. The first-order chi connectivity index (χ1) is 13.4. The highest BCUT2D eigenvalue weighted by Crippen LogP contribution is 2.42. The number of hydrogen-bond donors (Lipinski definition) is 1. The number of hydrogen-bond acceptors (Lipinski definition) is 3. The standard InChI is InChI=1S/C22H20N2O3S/c1-15-11-12-17(13-16(15)2)23-22(25)14-24-20-9-5-3-7-18(20)19-8-4-6-10-21(19)28(24,26)27/h3-13H,14H2,1-2H3,(H,23,25). The molecule has 142 valence electrons. The van der Waals surface area contributed by atoms with E-state index in [9.17, 15) is 13.2 Å². The quantitative estimate of drug-likeness (QED) is 0.729. The monoisotopic (exact) mass is 392 g/mol. The predicted molar refractivity (Wildman–Crippen MR) is 111 cm³/mol. The molecule has 0 fully saturated rings. The summed E-state index contributed by atoms with van der Waals surface area (Å²) in [6.07, 6.45) is 0. The number of nitrogens with zero attached hydrogens (tertiary/aromatic N) is 1. The van der Waals surface area contributed by atoms with Gasteiger partial charge in [-0.15, -0.1) is 0 Å². The van der Waals surface area contributed by atoms with E-state index in [1.165, 1.54) is 4.31 Å². The first kappa shape index (κ1) is 18.3. The third kappa shape index (κ3) is 3.05. The van der Waals surface area contributed by atoms with Gasteiger partial charge in [-0.3, -0.25) is 9.10 Å². The van der Waals surface area contributed by atoms with Gasteiger partial charge in [0.2, 0.25) is 5.91 Å². The zero-order valence-electron chi connectivity index (χ0n) is 15.6. The number of para-hydroxylation sites is 1. The molecule has 1 N–H and O–H groups in total. The van der Waals surface area contributed by atoms with Gasteiger partial charge in [0.15, 0.2) is 0 Å². The van der Waals surface area contributed by atoms with Gasteiger partial charge in [0.25, 0.3) is 10.0 Å². The van der Waals surface area contributed by atoms with Crippen molar-refractivity contribution in [3.8, 4) is 11.1 Å². The van der Waals surface area contributed by atoms with E-state index < -0.39 is 10.0 Å². The average molecular weight is 392 g/mol. The minimum absolute atomic E-state index is 0.215. The Kier molecular flexibility index (Phi) is 4.43. The molecule has 0 unspecified atom stereocenters. The smallest absolute Gasteiger partial charge is 0.265 e. The van der Waals surface area contributed by atoms with Crippen molar-refractivity contribution in [3.05, 3.63) is 77.9 Å². The second kappa shape index (κ2) is 6.80. The third-order valence-electron chi connectivity index (χ3n) is 5.00. The summed E-state index contributed by atoms with van der Waals surface area (Å²) >= 11 is 0. The molecule has 0 aromatic heterocycles. The predicted octanol–water partition coefficient (Wildman–Crippen LogP) is 4.12. The minimum Gasteiger partial charge on any atom is -0.325 e. The molecule has 0 bridgehead atoms. The van der Waals surface area contributed by atoms with Crippen LogP contribution in [-0.2, 0) is 14.8 Å². The summed E-state index contributed by atoms with van der Waals surface area (Å²) in [6.45, 7) is 3.67. The van der Waals surface area contributed by atoms with Gasteiger partial charge in [-0.2, -0.15) is 0 Å². The Morgan fingerprint density at radius 2 is 1.57 bits per heavy atom. The molecule has 1 heterocycles. The van der Waals surface area contributed by atoms with Crippen LogP contribution in [0.5, 0.6) is 0 Å². The number of amides is 1. The van der Waals surface area contributed by atoms with Crippen molar-refractivity contribution in [2.45, 2.75) is 18.7 Å². The van der Waals surface area contributed by atoms with E-state index in [4.69, 9.17) is 0 Å². The summed E-state index contributed by atoms with van der Waals surface area (Å²) < 4.78 is 27.6. The topological polar surface area (TPSA) is 66.5 Å². The fourth-order valence-corrected chi connectivity index (χ4v) is 5.05. The van der Waals surface area contributed by atoms with E-state index in [1.807, 2.05) is 50.2 Å². The molecular formula is C22H20N2O3S. The van der Waals surface area contributed by atoms with E-state index in [-0.39, 0.29) is 17.3 Å². The first-order valence-electron chi connectivity index (χ1n) is 8.96. The number of fused-ring (bicyclic) bond motifs is 3. The summed E-state index contributed by atoms with van der Waals surface area (Å²) in [4.78, 5) is 12.9. The molecule has 3 aromatic rings. The van der Waals surface area contributed by atoms with Crippen LogP contribution in [0, 0.1) is 13.8 Å². The zero-order valence-corrected chi connectivity index (χ0v) is 16.5. The van der Waals surface area contributed by atoms with Crippen LogP contribution in [0.15, 0.2) is 71.6 Å². The number of rotatable bonds is 3. The van der Waals surface area contributed by atoms with Gasteiger partial charge in [0.05, 0.1) is 10.6 Å². The van der Waals surface area contributed by atoms with Crippen LogP contribution in [0.4, 0.5) is 11.4 Å². The Morgan fingerprint density at radius 3 is 2.32 bits per heavy atom. The SMILES string of the molecule is Cc1ccc(NC(=O)CN2c3ccccc3-c3ccccc3S2(=O)=O)cc1C. The van der Waals surface area contributed by atoms with Gasteiger partial charge in [0, 0.05) is 16.8 Å². The average Bonchev–Trinajstić information content (AvgIpc) is 2.68. The highest BCUT2D eigenvalue weighted by atomic mass is 32.2. The Hall–Kier alpha value is -3.12. The molecule has 3 aromatic carbocycles.